The number of alkyl halides is 3. The van der Waals surface area contributed by atoms with E-state index in [1.54, 1.807) is 24.3 Å². The number of halogens is 5. The fraction of sp³-hybridized carbons (Fsp3) is 0.263. The molecule has 0 spiro atoms. The van der Waals surface area contributed by atoms with Crippen LogP contribution in [-0.2, 0) is 6.18 Å². The standard InChI is InChI=1S/C19H14Cl2F3N3O/c20-13-3-1-2-4-15(13)27-16-8-12(19(22,23)24)14(21)7-11(16)17(26-18(27)28)25-9-10-5-6-10/h1-4,7-8,10H,5-6,9H2,(H,25,26,28). The summed E-state index contributed by atoms with van der Waals surface area (Å²) in [6.07, 6.45) is -2.53. The van der Waals surface area contributed by atoms with Crippen LogP contribution in [0.4, 0.5) is 19.0 Å². The molecule has 1 aliphatic carbocycles. The molecular formula is C19H14Cl2F3N3O. The van der Waals surface area contributed by atoms with Gasteiger partial charge in [0.05, 0.1) is 26.8 Å². The van der Waals surface area contributed by atoms with E-state index in [1.165, 1.54) is 6.07 Å². The van der Waals surface area contributed by atoms with Gasteiger partial charge in [0.2, 0.25) is 0 Å². The van der Waals surface area contributed by atoms with Gasteiger partial charge in [0.25, 0.3) is 0 Å². The van der Waals surface area contributed by atoms with Gasteiger partial charge < -0.3 is 5.32 Å². The number of aromatic nitrogens is 2. The normalized spacial score (nSPS) is 14.5. The van der Waals surface area contributed by atoms with Crippen LogP contribution < -0.4 is 11.0 Å². The van der Waals surface area contributed by atoms with E-state index in [1.807, 2.05) is 0 Å². The highest BCUT2D eigenvalue weighted by atomic mass is 35.5. The Morgan fingerprint density at radius 1 is 1.14 bits per heavy atom. The average Bonchev–Trinajstić information content (AvgIpc) is 3.44. The van der Waals surface area contributed by atoms with Gasteiger partial charge in [-0.15, -0.1) is 0 Å². The number of rotatable bonds is 4. The highest BCUT2D eigenvalue weighted by Crippen LogP contribution is 2.39. The van der Waals surface area contributed by atoms with Gasteiger partial charge in [-0.05, 0) is 43.0 Å². The summed E-state index contributed by atoms with van der Waals surface area (Å²) in [5.74, 6) is 0.693. The first-order valence-corrected chi connectivity index (χ1v) is 9.33. The van der Waals surface area contributed by atoms with E-state index >= 15 is 0 Å². The number of benzene rings is 2. The minimum Gasteiger partial charge on any atom is -0.369 e. The average molecular weight is 428 g/mol. The molecular weight excluding hydrogens is 414 g/mol. The molecule has 1 heterocycles. The van der Waals surface area contributed by atoms with Crippen LogP contribution in [0.3, 0.4) is 0 Å². The molecule has 0 bridgehead atoms. The zero-order valence-corrected chi connectivity index (χ0v) is 15.9. The first-order chi connectivity index (χ1) is 13.3. The summed E-state index contributed by atoms with van der Waals surface area (Å²) >= 11 is 12.1. The number of fused-ring (bicyclic) bond motifs is 1. The molecule has 1 saturated carbocycles. The van der Waals surface area contributed by atoms with Crippen molar-refractivity contribution in [1.29, 1.82) is 0 Å². The maximum absolute atomic E-state index is 13.4. The van der Waals surface area contributed by atoms with E-state index in [0.717, 1.165) is 23.5 Å². The number of nitrogens with one attached hydrogen (secondary N) is 1. The summed E-state index contributed by atoms with van der Waals surface area (Å²) in [5, 5.41) is 3.15. The molecule has 1 aliphatic rings. The second-order valence-corrected chi connectivity index (χ2v) is 7.52. The molecule has 0 unspecified atom stereocenters. The van der Waals surface area contributed by atoms with Crippen molar-refractivity contribution in [1.82, 2.24) is 9.55 Å². The maximum Gasteiger partial charge on any atom is 0.417 e. The minimum absolute atomic E-state index is 0.0307. The topological polar surface area (TPSA) is 46.9 Å². The monoisotopic (exact) mass is 427 g/mol. The molecule has 1 N–H and O–H groups in total. The predicted molar refractivity (Wildman–Crippen MR) is 104 cm³/mol. The van der Waals surface area contributed by atoms with Crippen LogP contribution in [0.25, 0.3) is 16.6 Å². The number of para-hydroxylation sites is 1. The second kappa shape index (κ2) is 6.97. The molecule has 0 aliphatic heterocycles. The smallest absolute Gasteiger partial charge is 0.369 e. The zero-order chi connectivity index (χ0) is 20.1. The highest BCUT2D eigenvalue weighted by molar-refractivity contribution is 6.33. The molecule has 4 rings (SSSR count). The number of anilines is 1. The maximum atomic E-state index is 13.4. The van der Waals surface area contributed by atoms with Crippen LogP contribution in [0.15, 0.2) is 41.2 Å². The van der Waals surface area contributed by atoms with Crippen molar-refractivity contribution in [2.24, 2.45) is 5.92 Å². The van der Waals surface area contributed by atoms with Crippen molar-refractivity contribution in [2.75, 3.05) is 11.9 Å². The third-order valence-corrected chi connectivity index (χ3v) is 5.27. The molecule has 1 aromatic heterocycles. The van der Waals surface area contributed by atoms with Gasteiger partial charge in [0.15, 0.2) is 0 Å². The Morgan fingerprint density at radius 3 is 2.50 bits per heavy atom. The Kier molecular flexibility index (Phi) is 4.75. The van der Waals surface area contributed by atoms with Crippen LogP contribution in [0.1, 0.15) is 18.4 Å². The molecule has 0 saturated heterocycles. The highest BCUT2D eigenvalue weighted by Gasteiger charge is 2.34. The molecule has 146 valence electrons. The summed E-state index contributed by atoms with van der Waals surface area (Å²) in [7, 11) is 0. The Morgan fingerprint density at radius 2 is 1.86 bits per heavy atom. The summed E-state index contributed by atoms with van der Waals surface area (Å²) < 4.78 is 41.3. The van der Waals surface area contributed by atoms with E-state index < -0.39 is 22.5 Å². The lowest BCUT2D eigenvalue weighted by Crippen LogP contribution is -2.24. The van der Waals surface area contributed by atoms with Gasteiger partial charge >= 0.3 is 11.9 Å². The summed E-state index contributed by atoms with van der Waals surface area (Å²) in [5.41, 5.74) is -1.48. The molecule has 9 heteroatoms. The molecule has 1 fully saturated rings. The van der Waals surface area contributed by atoms with E-state index in [9.17, 15) is 18.0 Å². The van der Waals surface area contributed by atoms with E-state index in [0.29, 0.717) is 17.8 Å². The van der Waals surface area contributed by atoms with Gasteiger partial charge in [0, 0.05) is 11.9 Å². The van der Waals surface area contributed by atoms with Gasteiger partial charge in [-0.1, -0.05) is 35.3 Å². The lowest BCUT2D eigenvalue weighted by atomic mass is 10.1. The quantitative estimate of drug-likeness (QED) is 0.594. The molecule has 28 heavy (non-hydrogen) atoms. The van der Waals surface area contributed by atoms with Crippen molar-refractivity contribution >= 4 is 39.9 Å². The molecule has 2 aromatic carbocycles. The Hall–Kier alpha value is -2.25. The zero-order valence-electron chi connectivity index (χ0n) is 14.4. The minimum atomic E-state index is -4.67. The van der Waals surface area contributed by atoms with Gasteiger partial charge in [0.1, 0.15) is 5.82 Å². The van der Waals surface area contributed by atoms with Crippen molar-refractivity contribution in [3.05, 3.63) is 62.5 Å². The molecule has 4 nitrogen and oxygen atoms in total. The van der Waals surface area contributed by atoms with Gasteiger partial charge in [-0.2, -0.15) is 18.2 Å². The molecule has 0 amide bonds. The van der Waals surface area contributed by atoms with Crippen molar-refractivity contribution < 1.29 is 13.2 Å². The lowest BCUT2D eigenvalue weighted by Gasteiger charge is -2.17. The number of hydrogen-bond donors (Lipinski definition) is 1. The number of nitrogens with zero attached hydrogens (tertiary/aromatic N) is 2. The van der Waals surface area contributed by atoms with Crippen LogP contribution in [0.2, 0.25) is 10.0 Å². The molecule has 0 radical (unpaired) electrons. The van der Waals surface area contributed by atoms with E-state index in [4.69, 9.17) is 23.2 Å². The van der Waals surface area contributed by atoms with Crippen LogP contribution in [-0.4, -0.2) is 16.1 Å². The van der Waals surface area contributed by atoms with Crippen molar-refractivity contribution in [3.63, 3.8) is 0 Å². The van der Waals surface area contributed by atoms with Gasteiger partial charge in [-0.25, -0.2) is 4.79 Å². The second-order valence-electron chi connectivity index (χ2n) is 6.70. The molecule has 0 atom stereocenters. The first kappa shape index (κ1) is 19.1. The number of hydrogen-bond acceptors (Lipinski definition) is 3. The molecule has 3 aromatic rings. The summed E-state index contributed by atoms with van der Waals surface area (Å²) in [6.45, 7) is 0.594. The third-order valence-electron chi connectivity index (χ3n) is 4.63. The van der Waals surface area contributed by atoms with Crippen molar-refractivity contribution in [2.45, 2.75) is 19.0 Å². The fourth-order valence-electron chi connectivity index (χ4n) is 3.03. The van der Waals surface area contributed by atoms with Crippen LogP contribution in [0, 0.1) is 5.92 Å². The predicted octanol–water partition coefficient (Wildman–Crippen LogP) is 5.53. The summed E-state index contributed by atoms with van der Waals surface area (Å²) in [4.78, 5) is 16.8. The Balaban J connectivity index is 2.02. The fourth-order valence-corrected chi connectivity index (χ4v) is 3.52. The van der Waals surface area contributed by atoms with Crippen molar-refractivity contribution in [3.8, 4) is 5.69 Å². The third kappa shape index (κ3) is 3.56. The Bertz CT molecular complexity index is 1120. The van der Waals surface area contributed by atoms with E-state index in [2.05, 4.69) is 10.3 Å². The van der Waals surface area contributed by atoms with E-state index in [-0.39, 0.29) is 22.0 Å². The van der Waals surface area contributed by atoms with Gasteiger partial charge in [-0.3, -0.25) is 4.57 Å². The lowest BCUT2D eigenvalue weighted by molar-refractivity contribution is -0.137. The summed E-state index contributed by atoms with van der Waals surface area (Å²) in [6, 6.07) is 8.45. The van der Waals surface area contributed by atoms with Crippen LogP contribution in [0.5, 0.6) is 0 Å². The SMILES string of the molecule is O=c1nc(NCC2CC2)c2cc(Cl)c(C(F)(F)F)cc2n1-c1ccccc1Cl. The first-order valence-electron chi connectivity index (χ1n) is 8.58. The van der Waals surface area contributed by atoms with Crippen LogP contribution >= 0.6 is 23.2 Å². The largest absolute Gasteiger partial charge is 0.417 e. The Labute approximate surface area is 167 Å².